The van der Waals surface area contributed by atoms with E-state index >= 15 is 4.39 Å². The molecule has 20 heavy (non-hydrogen) atoms. The number of rotatable bonds is 4. The lowest BCUT2D eigenvalue weighted by Crippen LogP contribution is -2.29. The molecule has 0 heterocycles. The molecule has 0 aliphatic heterocycles. The maximum atomic E-state index is 15.4. The molecule has 0 spiro atoms. The van der Waals surface area contributed by atoms with E-state index in [4.69, 9.17) is 4.74 Å². The third kappa shape index (κ3) is 2.77. The van der Waals surface area contributed by atoms with Gasteiger partial charge in [0.1, 0.15) is 0 Å². The molecule has 2 nitrogen and oxygen atoms in total. The average molecular weight is 270 g/mol. The van der Waals surface area contributed by atoms with Gasteiger partial charge < -0.3 is 4.74 Å². The Morgan fingerprint density at radius 2 is 1.40 bits per heavy atom. The number of hydrogen-bond donors (Lipinski definition) is 0. The van der Waals surface area contributed by atoms with Crippen molar-refractivity contribution >= 4 is 5.97 Å². The molecule has 102 valence electrons. The van der Waals surface area contributed by atoms with Gasteiger partial charge in [0.25, 0.3) is 0 Å². The highest BCUT2D eigenvalue weighted by Crippen LogP contribution is 2.35. The fourth-order valence-electron chi connectivity index (χ4n) is 1.80. The normalized spacial score (nSPS) is 10.9. The van der Waals surface area contributed by atoms with Crippen LogP contribution in [0.5, 0.6) is 0 Å². The molecule has 0 radical (unpaired) electrons. The van der Waals surface area contributed by atoms with Crippen LogP contribution in [0.1, 0.15) is 18.1 Å². The van der Waals surface area contributed by atoms with Gasteiger partial charge in [0, 0.05) is 16.7 Å². The highest BCUT2D eigenvalue weighted by Gasteiger charge is 2.38. The van der Waals surface area contributed by atoms with Gasteiger partial charge in [0.15, 0.2) is 0 Å². The van der Waals surface area contributed by atoms with Gasteiger partial charge in [-0.05, 0) is 6.92 Å². The van der Waals surface area contributed by atoms with Crippen LogP contribution in [0.4, 0.5) is 4.39 Å². The zero-order valence-corrected chi connectivity index (χ0v) is 11.2. The van der Waals surface area contributed by atoms with Crippen LogP contribution < -0.4 is 0 Å². The number of halogens is 1. The predicted octanol–water partition coefficient (Wildman–Crippen LogP) is 3.98. The molecule has 0 fully saturated rings. The molecule has 0 N–H and O–H groups in total. The molecule has 0 atom stereocenters. The van der Waals surface area contributed by atoms with Crippen LogP contribution in [0.2, 0.25) is 0 Å². The maximum absolute atomic E-state index is 15.4. The van der Waals surface area contributed by atoms with Gasteiger partial charge in [-0.3, -0.25) is 0 Å². The van der Waals surface area contributed by atoms with Crippen molar-refractivity contribution in [2.24, 2.45) is 0 Å². The van der Waals surface area contributed by atoms with Crippen LogP contribution in [-0.4, -0.2) is 5.97 Å². The lowest BCUT2D eigenvalue weighted by molar-refractivity contribution is -0.170. The molecule has 0 amide bonds. The van der Waals surface area contributed by atoms with Crippen LogP contribution in [0, 0.1) is 0 Å². The van der Waals surface area contributed by atoms with E-state index in [-0.39, 0.29) is 16.7 Å². The fraction of sp³-hybridized carbons (Fsp3) is 0.118. The molecule has 0 saturated carbocycles. The molecule has 2 aromatic carbocycles. The van der Waals surface area contributed by atoms with E-state index in [2.05, 4.69) is 6.58 Å². The monoisotopic (exact) mass is 270 g/mol. The summed E-state index contributed by atoms with van der Waals surface area (Å²) < 4.78 is 20.4. The molecule has 0 aromatic heterocycles. The Bertz CT molecular complexity index is 566. The second-order valence-electron chi connectivity index (χ2n) is 4.50. The van der Waals surface area contributed by atoms with Crippen molar-refractivity contribution in [3.63, 3.8) is 0 Å². The minimum atomic E-state index is -2.32. The summed E-state index contributed by atoms with van der Waals surface area (Å²) >= 11 is 0. The molecule has 2 rings (SSSR count). The second-order valence-corrected chi connectivity index (χ2v) is 4.50. The Balaban J connectivity index is 2.49. The first-order chi connectivity index (χ1) is 9.54. The first-order valence-electron chi connectivity index (χ1n) is 6.23. The van der Waals surface area contributed by atoms with Crippen LogP contribution in [-0.2, 0) is 15.4 Å². The molecule has 0 aliphatic rings. The van der Waals surface area contributed by atoms with Gasteiger partial charge >= 0.3 is 11.8 Å². The van der Waals surface area contributed by atoms with Crippen molar-refractivity contribution in [1.29, 1.82) is 0 Å². The van der Waals surface area contributed by atoms with Crippen LogP contribution in [0.15, 0.2) is 72.8 Å². The Hall–Kier alpha value is -2.42. The number of carbonyl (C=O) groups excluding carboxylic acids is 1. The minimum Gasteiger partial charge on any atom is -0.416 e. The first-order valence-corrected chi connectivity index (χ1v) is 6.23. The number of hydrogen-bond acceptors (Lipinski definition) is 2. The molecule has 0 saturated heterocycles. The highest BCUT2D eigenvalue weighted by molar-refractivity contribution is 5.87. The molecular formula is C17H15FO2. The van der Waals surface area contributed by atoms with Crippen molar-refractivity contribution in [1.82, 2.24) is 0 Å². The third-order valence-electron chi connectivity index (χ3n) is 2.87. The molecule has 0 bridgehead atoms. The predicted molar refractivity (Wildman–Crippen MR) is 75.7 cm³/mol. The van der Waals surface area contributed by atoms with Gasteiger partial charge in [-0.15, -0.1) is 0 Å². The largest absolute Gasteiger partial charge is 0.416 e. The molecular weight excluding hydrogens is 255 g/mol. The Morgan fingerprint density at radius 1 is 1.00 bits per heavy atom. The van der Waals surface area contributed by atoms with Gasteiger partial charge in [0.05, 0.1) is 0 Å². The van der Waals surface area contributed by atoms with Gasteiger partial charge in [0.2, 0.25) is 0 Å². The molecule has 2 aromatic rings. The van der Waals surface area contributed by atoms with Crippen LogP contribution >= 0.6 is 0 Å². The topological polar surface area (TPSA) is 26.3 Å². The van der Waals surface area contributed by atoms with Crippen molar-refractivity contribution in [2.75, 3.05) is 0 Å². The van der Waals surface area contributed by atoms with E-state index < -0.39 is 11.8 Å². The summed E-state index contributed by atoms with van der Waals surface area (Å²) in [5.74, 6) is -3.08. The summed E-state index contributed by atoms with van der Waals surface area (Å²) in [6, 6.07) is 16.7. The summed E-state index contributed by atoms with van der Waals surface area (Å²) in [6.07, 6.45) is 0. The Labute approximate surface area is 117 Å². The van der Waals surface area contributed by atoms with Gasteiger partial charge in [-0.1, -0.05) is 67.2 Å². The average Bonchev–Trinajstić information content (AvgIpc) is 2.48. The summed E-state index contributed by atoms with van der Waals surface area (Å²) in [6.45, 7) is 4.97. The number of benzene rings is 2. The zero-order chi connectivity index (χ0) is 14.6. The Morgan fingerprint density at radius 3 is 1.75 bits per heavy atom. The first kappa shape index (κ1) is 14.0. The van der Waals surface area contributed by atoms with E-state index in [1.807, 2.05) is 0 Å². The fourth-order valence-corrected chi connectivity index (χ4v) is 1.80. The summed E-state index contributed by atoms with van der Waals surface area (Å²) in [5, 5.41) is 0. The van der Waals surface area contributed by atoms with E-state index in [0.29, 0.717) is 0 Å². The lowest BCUT2D eigenvalue weighted by Gasteiger charge is -2.26. The summed E-state index contributed by atoms with van der Waals surface area (Å²) in [4.78, 5) is 11.7. The van der Waals surface area contributed by atoms with E-state index in [0.717, 1.165) is 0 Å². The number of carbonyl (C=O) groups is 1. The molecule has 0 unspecified atom stereocenters. The van der Waals surface area contributed by atoms with Crippen molar-refractivity contribution in [2.45, 2.75) is 12.8 Å². The van der Waals surface area contributed by atoms with Gasteiger partial charge in [-0.2, -0.15) is 4.39 Å². The SMILES string of the molecule is C=C(C)C(=O)OC(F)(c1ccccc1)c1ccccc1. The minimum absolute atomic E-state index is 0.152. The number of esters is 1. The van der Waals surface area contributed by atoms with E-state index in [9.17, 15) is 4.79 Å². The van der Waals surface area contributed by atoms with Crippen molar-refractivity contribution < 1.29 is 13.9 Å². The maximum Gasteiger partial charge on any atom is 0.336 e. The molecule has 0 aliphatic carbocycles. The van der Waals surface area contributed by atoms with E-state index in [1.54, 1.807) is 60.7 Å². The lowest BCUT2D eigenvalue weighted by atomic mass is 9.99. The quantitative estimate of drug-likeness (QED) is 0.620. The number of alkyl halides is 1. The second kappa shape index (κ2) is 5.70. The Kier molecular flexibility index (Phi) is 3.99. The third-order valence-corrected chi connectivity index (χ3v) is 2.87. The standard InChI is InChI=1S/C17H15FO2/c1-13(2)16(19)20-17(18,14-9-5-3-6-10-14)15-11-7-4-8-12-15/h3-12H,1H2,2H3. The highest BCUT2D eigenvalue weighted by atomic mass is 19.2. The summed E-state index contributed by atoms with van der Waals surface area (Å²) in [7, 11) is 0. The summed E-state index contributed by atoms with van der Waals surface area (Å²) in [5.41, 5.74) is 0.681. The smallest absolute Gasteiger partial charge is 0.336 e. The van der Waals surface area contributed by atoms with Crippen molar-refractivity contribution in [3.8, 4) is 0 Å². The molecule has 3 heteroatoms. The number of ether oxygens (including phenoxy) is 1. The van der Waals surface area contributed by atoms with Crippen LogP contribution in [0.25, 0.3) is 0 Å². The zero-order valence-electron chi connectivity index (χ0n) is 11.2. The van der Waals surface area contributed by atoms with Gasteiger partial charge in [-0.25, -0.2) is 4.79 Å². The van der Waals surface area contributed by atoms with Crippen LogP contribution in [0.3, 0.4) is 0 Å². The van der Waals surface area contributed by atoms with Crippen molar-refractivity contribution in [3.05, 3.63) is 83.9 Å². The van der Waals surface area contributed by atoms with E-state index in [1.165, 1.54) is 6.92 Å².